The summed E-state index contributed by atoms with van der Waals surface area (Å²) in [5, 5.41) is 11.2. The van der Waals surface area contributed by atoms with E-state index in [0.717, 1.165) is 33.3 Å². The van der Waals surface area contributed by atoms with E-state index in [2.05, 4.69) is 59.9 Å². The van der Waals surface area contributed by atoms with Gasteiger partial charge in [-0.2, -0.15) is 0 Å². The number of nitrogens with one attached hydrogen (secondary N) is 3. The first-order valence-electron chi connectivity index (χ1n) is 6.13. The van der Waals surface area contributed by atoms with Crippen molar-refractivity contribution in [2.24, 2.45) is 0 Å². The van der Waals surface area contributed by atoms with Gasteiger partial charge in [0.1, 0.15) is 0 Å². The Morgan fingerprint density at radius 1 is 1.00 bits per heavy atom. The molecule has 0 aliphatic heterocycles. The Hall–Kier alpha value is -0.460. The van der Waals surface area contributed by atoms with Crippen LogP contribution in [0.15, 0.2) is 12.1 Å². The van der Waals surface area contributed by atoms with Gasteiger partial charge in [0.15, 0.2) is 0 Å². The molecule has 6 heteroatoms. The second kappa shape index (κ2) is 8.66. The van der Waals surface area contributed by atoms with Crippen molar-refractivity contribution in [3.63, 3.8) is 0 Å². The molecule has 0 spiro atoms. The van der Waals surface area contributed by atoms with Crippen molar-refractivity contribution in [1.29, 1.82) is 0 Å². The summed E-state index contributed by atoms with van der Waals surface area (Å²) in [6, 6.07) is 4.16. The smallest absolute Gasteiger partial charge is 0.0773 e. The number of hydrogen-bond acceptors (Lipinski definition) is 4. The maximum absolute atomic E-state index is 5.89. The molecule has 0 radical (unpaired) electrons. The highest BCUT2D eigenvalue weighted by atomic mass is 79.9. The van der Waals surface area contributed by atoms with Gasteiger partial charge in [0.25, 0.3) is 0 Å². The number of halogens is 2. The molecule has 0 bridgehead atoms. The fraction of sp³-hybridized carbons (Fsp3) is 0.538. The summed E-state index contributed by atoms with van der Waals surface area (Å²) < 4.78 is 5.89. The van der Waals surface area contributed by atoms with Crippen LogP contribution >= 0.6 is 31.9 Å². The zero-order valence-electron chi connectivity index (χ0n) is 11.5. The number of alkyl halides is 2. The van der Waals surface area contributed by atoms with Crippen LogP contribution in [0.25, 0.3) is 0 Å². The van der Waals surface area contributed by atoms with Crippen LogP contribution in [-0.4, -0.2) is 37.9 Å². The maximum atomic E-state index is 5.89. The second-order valence-corrected chi connectivity index (χ2v) is 5.34. The topological polar surface area (TPSA) is 45.3 Å². The molecule has 108 valence electrons. The third-order valence-electron chi connectivity index (χ3n) is 2.88. The SMILES string of the molecule is CNc1cc(NC)c(COC(CBr)CBr)c(NC)c1. The largest absolute Gasteiger partial charge is 0.388 e. The molecule has 0 heterocycles. The number of hydrogen-bond donors (Lipinski definition) is 3. The molecule has 0 atom stereocenters. The number of rotatable bonds is 8. The van der Waals surface area contributed by atoms with E-state index in [1.165, 1.54) is 0 Å². The summed E-state index contributed by atoms with van der Waals surface area (Å²) in [6.07, 6.45) is 0.165. The van der Waals surface area contributed by atoms with Gasteiger partial charge < -0.3 is 20.7 Å². The molecule has 19 heavy (non-hydrogen) atoms. The Balaban J connectivity index is 2.96. The molecule has 0 unspecified atom stereocenters. The quantitative estimate of drug-likeness (QED) is 0.590. The molecule has 0 saturated heterocycles. The molecule has 3 N–H and O–H groups in total. The van der Waals surface area contributed by atoms with Gasteiger partial charge >= 0.3 is 0 Å². The molecule has 0 amide bonds. The summed E-state index contributed by atoms with van der Waals surface area (Å²) in [5.74, 6) is 0. The number of benzene rings is 1. The van der Waals surface area contributed by atoms with Gasteiger partial charge in [0.05, 0.1) is 12.7 Å². The zero-order chi connectivity index (χ0) is 14.3. The fourth-order valence-corrected chi connectivity index (χ4v) is 3.20. The normalized spacial score (nSPS) is 10.6. The van der Waals surface area contributed by atoms with Crippen molar-refractivity contribution in [2.45, 2.75) is 12.7 Å². The first kappa shape index (κ1) is 16.6. The lowest BCUT2D eigenvalue weighted by Crippen LogP contribution is -2.17. The van der Waals surface area contributed by atoms with Gasteiger partial charge in [-0.05, 0) is 12.1 Å². The molecule has 1 aromatic rings. The summed E-state index contributed by atoms with van der Waals surface area (Å²) in [7, 11) is 5.75. The average Bonchev–Trinajstić information content (AvgIpc) is 2.47. The van der Waals surface area contributed by atoms with Crippen molar-refractivity contribution in [3.8, 4) is 0 Å². The van der Waals surface area contributed by atoms with Crippen molar-refractivity contribution in [3.05, 3.63) is 17.7 Å². The monoisotopic (exact) mass is 393 g/mol. The first-order valence-corrected chi connectivity index (χ1v) is 8.38. The van der Waals surface area contributed by atoms with Crippen LogP contribution in [0.3, 0.4) is 0 Å². The molecule has 1 aromatic carbocycles. The van der Waals surface area contributed by atoms with Gasteiger partial charge in [0.2, 0.25) is 0 Å². The van der Waals surface area contributed by atoms with E-state index in [9.17, 15) is 0 Å². The minimum atomic E-state index is 0.165. The summed E-state index contributed by atoms with van der Waals surface area (Å²) >= 11 is 6.89. The molecule has 0 saturated carbocycles. The number of ether oxygens (including phenoxy) is 1. The lowest BCUT2D eigenvalue weighted by molar-refractivity contribution is 0.0740. The van der Waals surface area contributed by atoms with E-state index in [4.69, 9.17) is 4.74 Å². The Kier molecular flexibility index (Phi) is 7.56. The third-order valence-corrected chi connectivity index (χ3v) is 4.33. The van der Waals surface area contributed by atoms with Crippen LogP contribution in [0.4, 0.5) is 17.1 Å². The second-order valence-electron chi connectivity index (χ2n) is 4.04. The molecule has 1 rings (SSSR count). The Morgan fingerprint density at radius 2 is 1.53 bits per heavy atom. The minimum absolute atomic E-state index is 0.165. The predicted octanol–water partition coefficient (Wildman–Crippen LogP) is 3.49. The average molecular weight is 395 g/mol. The Morgan fingerprint density at radius 3 is 1.89 bits per heavy atom. The maximum Gasteiger partial charge on any atom is 0.0773 e. The van der Waals surface area contributed by atoms with E-state index in [0.29, 0.717) is 6.61 Å². The van der Waals surface area contributed by atoms with Crippen LogP contribution in [0.2, 0.25) is 0 Å². The van der Waals surface area contributed by atoms with Crippen molar-refractivity contribution in [2.75, 3.05) is 47.8 Å². The van der Waals surface area contributed by atoms with E-state index in [-0.39, 0.29) is 6.10 Å². The van der Waals surface area contributed by atoms with Crippen LogP contribution < -0.4 is 16.0 Å². The predicted molar refractivity (Wildman–Crippen MR) is 91.2 cm³/mol. The Bertz CT molecular complexity index is 372. The molecule has 0 aliphatic carbocycles. The van der Waals surface area contributed by atoms with Gasteiger partial charge in [0, 0.05) is 54.4 Å². The van der Waals surface area contributed by atoms with Gasteiger partial charge in [-0.3, -0.25) is 0 Å². The van der Waals surface area contributed by atoms with Crippen molar-refractivity contribution in [1.82, 2.24) is 0 Å². The van der Waals surface area contributed by atoms with Crippen LogP contribution in [0, 0.1) is 0 Å². The van der Waals surface area contributed by atoms with Crippen LogP contribution in [0.5, 0.6) is 0 Å². The van der Waals surface area contributed by atoms with Crippen molar-refractivity contribution >= 4 is 48.9 Å². The van der Waals surface area contributed by atoms with Crippen molar-refractivity contribution < 1.29 is 4.74 Å². The lowest BCUT2D eigenvalue weighted by Gasteiger charge is -2.19. The van der Waals surface area contributed by atoms with E-state index in [1.807, 2.05) is 21.1 Å². The third kappa shape index (κ3) is 4.54. The van der Waals surface area contributed by atoms with Gasteiger partial charge in [-0.1, -0.05) is 31.9 Å². The van der Waals surface area contributed by atoms with Crippen LogP contribution in [-0.2, 0) is 11.3 Å². The fourth-order valence-electron chi connectivity index (χ4n) is 1.75. The molecular formula is C13H21Br2N3O. The molecule has 0 aliphatic rings. The number of anilines is 3. The molecular weight excluding hydrogens is 374 g/mol. The zero-order valence-corrected chi connectivity index (χ0v) is 14.7. The van der Waals surface area contributed by atoms with Gasteiger partial charge in [-0.15, -0.1) is 0 Å². The summed E-state index contributed by atoms with van der Waals surface area (Å²) in [4.78, 5) is 0. The molecule has 4 nitrogen and oxygen atoms in total. The highest BCUT2D eigenvalue weighted by Crippen LogP contribution is 2.30. The summed E-state index contributed by atoms with van der Waals surface area (Å²) in [6.45, 7) is 0.568. The molecule has 0 fully saturated rings. The minimum Gasteiger partial charge on any atom is -0.388 e. The lowest BCUT2D eigenvalue weighted by atomic mass is 10.1. The van der Waals surface area contributed by atoms with Crippen LogP contribution in [0.1, 0.15) is 5.56 Å². The van der Waals surface area contributed by atoms with Gasteiger partial charge in [-0.25, -0.2) is 0 Å². The highest BCUT2D eigenvalue weighted by Gasteiger charge is 2.12. The van der Waals surface area contributed by atoms with E-state index in [1.54, 1.807) is 0 Å². The molecule has 0 aromatic heterocycles. The Labute approximate surface area is 131 Å². The van der Waals surface area contributed by atoms with E-state index < -0.39 is 0 Å². The standard InChI is InChI=1S/C13H21Br2N3O/c1-16-9-4-12(17-2)11(13(5-9)18-3)8-19-10(6-14)7-15/h4-5,10,16-18H,6-8H2,1-3H3. The van der Waals surface area contributed by atoms with E-state index >= 15 is 0 Å². The highest BCUT2D eigenvalue weighted by molar-refractivity contribution is 9.09. The summed E-state index contributed by atoms with van der Waals surface area (Å²) in [5.41, 5.74) is 4.34. The first-order chi connectivity index (χ1) is 9.19.